The van der Waals surface area contributed by atoms with Gasteiger partial charge in [0.2, 0.25) is 0 Å². The maximum absolute atomic E-state index is 8.38. The number of hydrogen-bond donors (Lipinski definition) is 2. The highest BCUT2D eigenvalue weighted by Crippen LogP contribution is 2.16. The van der Waals surface area contributed by atoms with Crippen LogP contribution in [0.1, 0.15) is 5.69 Å². The Balaban J connectivity index is 1.88. The molecule has 0 radical (unpaired) electrons. The summed E-state index contributed by atoms with van der Waals surface area (Å²) in [6.07, 6.45) is 1.90. The Hall–Kier alpha value is -2.41. The SMILES string of the molecule is N#CCOc1ccc(NCc2ccc[nH]2)cc1. The van der Waals surface area contributed by atoms with Crippen molar-refractivity contribution in [2.75, 3.05) is 11.9 Å². The summed E-state index contributed by atoms with van der Waals surface area (Å²) < 4.78 is 5.17. The van der Waals surface area contributed by atoms with Crippen molar-refractivity contribution in [3.63, 3.8) is 0 Å². The lowest BCUT2D eigenvalue weighted by atomic mass is 10.3. The quantitative estimate of drug-likeness (QED) is 0.825. The Kier molecular flexibility index (Phi) is 3.66. The molecule has 0 aliphatic rings. The third kappa shape index (κ3) is 3.28. The normalized spacial score (nSPS) is 9.59. The van der Waals surface area contributed by atoms with E-state index in [-0.39, 0.29) is 6.61 Å². The minimum Gasteiger partial charge on any atom is -0.479 e. The number of nitriles is 1. The van der Waals surface area contributed by atoms with E-state index in [1.165, 1.54) is 0 Å². The fourth-order valence-electron chi connectivity index (χ4n) is 1.46. The maximum Gasteiger partial charge on any atom is 0.174 e. The first-order valence-electron chi connectivity index (χ1n) is 5.34. The molecular formula is C13H13N3O. The number of ether oxygens (including phenoxy) is 1. The lowest BCUT2D eigenvalue weighted by molar-refractivity contribution is 0.368. The van der Waals surface area contributed by atoms with E-state index in [2.05, 4.69) is 10.3 Å². The van der Waals surface area contributed by atoms with Gasteiger partial charge in [-0.2, -0.15) is 5.26 Å². The monoisotopic (exact) mass is 227 g/mol. The van der Waals surface area contributed by atoms with Gasteiger partial charge in [0, 0.05) is 17.6 Å². The highest BCUT2D eigenvalue weighted by atomic mass is 16.5. The average molecular weight is 227 g/mol. The van der Waals surface area contributed by atoms with Gasteiger partial charge in [0.25, 0.3) is 0 Å². The number of hydrogen-bond acceptors (Lipinski definition) is 3. The summed E-state index contributed by atoms with van der Waals surface area (Å²) in [6, 6.07) is 13.5. The van der Waals surface area contributed by atoms with Gasteiger partial charge in [-0.3, -0.25) is 0 Å². The van der Waals surface area contributed by atoms with E-state index < -0.39 is 0 Å². The van der Waals surface area contributed by atoms with E-state index >= 15 is 0 Å². The lowest BCUT2D eigenvalue weighted by Crippen LogP contribution is -1.99. The smallest absolute Gasteiger partial charge is 0.174 e. The molecule has 0 bridgehead atoms. The second kappa shape index (κ2) is 5.61. The summed E-state index contributed by atoms with van der Waals surface area (Å²) in [5.41, 5.74) is 2.15. The molecule has 86 valence electrons. The Morgan fingerprint density at radius 2 is 2.06 bits per heavy atom. The number of anilines is 1. The predicted octanol–water partition coefficient (Wildman–Crippen LogP) is 2.53. The molecule has 1 aromatic carbocycles. The zero-order valence-corrected chi connectivity index (χ0v) is 9.31. The summed E-state index contributed by atoms with van der Waals surface area (Å²) in [6.45, 7) is 0.834. The van der Waals surface area contributed by atoms with Crippen LogP contribution in [-0.4, -0.2) is 11.6 Å². The molecule has 0 saturated carbocycles. The van der Waals surface area contributed by atoms with Gasteiger partial charge in [-0.25, -0.2) is 0 Å². The molecule has 0 spiro atoms. The summed E-state index contributed by atoms with van der Waals surface area (Å²) in [4.78, 5) is 3.12. The average Bonchev–Trinajstić information content (AvgIpc) is 2.88. The highest BCUT2D eigenvalue weighted by molar-refractivity contribution is 5.46. The number of rotatable bonds is 5. The molecular weight excluding hydrogens is 214 g/mol. The first-order chi connectivity index (χ1) is 8.38. The first kappa shape index (κ1) is 11.1. The van der Waals surface area contributed by atoms with Gasteiger partial charge < -0.3 is 15.0 Å². The first-order valence-corrected chi connectivity index (χ1v) is 5.34. The molecule has 17 heavy (non-hydrogen) atoms. The van der Waals surface area contributed by atoms with Crippen molar-refractivity contribution in [3.05, 3.63) is 48.3 Å². The summed E-state index contributed by atoms with van der Waals surface area (Å²) >= 11 is 0. The van der Waals surface area contributed by atoms with E-state index in [0.29, 0.717) is 5.75 Å². The third-order valence-corrected chi connectivity index (χ3v) is 2.30. The van der Waals surface area contributed by atoms with Crippen molar-refractivity contribution in [3.8, 4) is 11.8 Å². The minimum atomic E-state index is 0.0786. The topological polar surface area (TPSA) is 60.8 Å². The Bertz CT molecular complexity index is 482. The van der Waals surface area contributed by atoms with E-state index in [0.717, 1.165) is 17.9 Å². The number of H-pyrrole nitrogens is 1. The maximum atomic E-state index is 8.38. The van der Waals surface area contributed by atoms with Crippen LogP contribution in [0.15, 0.2) is 42.6 Å². The van der Waals surface area contributed by atoms with Gasteiger partial charge in [-0.05, 0) is 36.4 Å². The van der Waals surface area contributed by atoms with Crippen molar-refractivity contribution in [2.24, 2.45) is 0 Å². The van der Waals surface area contributed by atoms with Crippen LogP contribution < -0.4 is 10.1 Å². The van der Waals surface area contributed by atoms with Crippen molar-refractivity contribution < 1.29 is 4.74 Å². The highest BCUT2D eigenvalue weighted by Gasteiger charge is 1.96. The van der Waals surface area contributed by atoms with Crippen molar-refractivity contribution >= 4 is 5.69 Å². The number of nitrogens with zero attached hydrogens (tertiary/aromatic N) is 1. The molecule has 2 rings (SSSR count). The molecule has 0 unspecified atom stereocenters. The zero-order valence-electron chi connectivity index (χ0n) is 9.31. The second-order valence-corrected chi connectivity index (χ2v) is 3.52. The van der Waals surface area contributed by atoms with Crippen LogP contribution in [-0.2, 0) is 6.54 Å². The fraction of sp³-hybridized carbons (Fsp3) is 0.154. The van der Waals surface area contributed by atoms with E-state index in [4.69, 9.17) is 10.00 Å². The van der Waals surface area contributed by atoms with Gasteiger partial charge in [-0.1, -0.05) is 0 Å². The molecule has 0 aliphatic heterocycles. The second-order valence-electron chi connectivity index (χ2n) is 3.52. The van der Waals surface area contributed by atoms with Gasteiger partial charge in [0.05, 0.1) is 6.54 Å². The van der Waals surface area contributed by atoms with E-state index in [1.807, 2.05) is 48.7 Å². The van der Waals surface area contributed by atoms with Crippen molar-refractivity contribution in [1.82, 2.24) is 4.98 Å². The fourth-order valence-corrected chi connectivity index (χ4v) is 1.46. The van der Waals surface area contributed by atoms with Crippen LogP contribution in [0.4, 0.5) is 5.69 Å². The third-order valence-electron chi connectivity index (χ3n) is 2.30. The van der Waals surface area contributed by atoms with Crippen LogP contribution in [0.3, 0.4) is 0 Å². The Morgan fingerprint density at radius 1 is 1.24 bits per heavy atom. The molecule has 1 heterocycles. The molecule has 0 amide bonds. The van der Waals surface area contributed by atoms with E-state index in [9.17, 15) is 0 Å². The lowest BCUT2D eigenvalue weighted by Gasteiger charge is -2.06. The number of aromatic nitrogens is 1. The molecule has 0 atom stereocenters. The van der Waals surface area contributed by atoms with Gasteiger partial charge in [-0.15, -0.1) is 0 Å². The van der Waals surface area contributed by atoms with Crippen LogP contribution in [0.2, 0.25) is 0 Å². The Labute approximate surface area is 99.8 Å². The molecule has 4 heteroatoms. The molecule has 4 nitrogen and oxygen atoms in total. The number of aromatic amines is 1. The Morgan fingerprint density at radius 3 is 2.71 bits per heavy atom. The van der Waals surface area contributed by atoms with Crippen LogP contribution >= 0.6 is 0 Å². The van der Waals surface area contributed by atoms with Gasteiger partial charge in [0.15, 0.2) is 6.61 Å². The van der Waals surface area contributed by atoms with Crippen LogP contribution in [0, 0.1) is 11.3 Å². The summed E-state index contributed by atoms with van der Waals surface area (Å²) in [5.74, 6) is 0.706. The predicted molar refractivity (Wildman–Crippen MR) is 65.7 cm³/mol. The summed E-state index contributed by atoms with van der Waals surface area (Å²) in [7, 11) is 0. The molecule has 0 fully saturated rings. The largest absolute Gasteiger partial charge is 0.479 e. The van der Waals surface area contributed by atoms with Crippen LogP contribution in [0.5, 0.6) is 5.75 Å². The number of nitrogens with one attached hydrogen (secondary N) is 2. The summed E-state index contributed by atoms with van der Waals surface area (Å²) in [5, 5.41) is 11.7. The standard InChI is InChI=1S/C13H13N3O/c14-7-9-17-13-5-3-11(4-6-13)16-10-12-2-1-8-15-12/h1-6,8,15-16H,9-10H2. The minimum absolute atomic E-state index is 0.0786. The molecule has 0 aliphatic carbocycles. The van der Waals surface area contributed by atoms with Crippen molar-refractivity contribution in [1.29, 1.82) is 5.26 Å². The van der Waals surface area contributed by atoms with Gasteiger partial charge in [0.1, 0.15) is 11.8 Å². The molecule has 0 saturated heterocycles. The molecule has 2 aromatic rings. The zero-order chi connectivity index (χ0) is 11.9. The van der Waals surface area contributed by atoms with Crippen LogP contribution in [0.25, 0.3) is 0 Å². The van der Waals surface area contributed by atoms with Gasteiger partial charge >= 0.3 is 0 Å². The molecule has 2 N–H and O–H groups in total. The van der Waals surface area contributed by atoms with Crippen molar-refractivity contribution in [2.45, 2.75) is 6.54 Å². The van der Waals surface area contributed by atoms with E-state index in [1.54, 1.807) is 0 Å². The number of benzene rings is 1. The molecule has 1 aromatic heterocycles.